The van der Waals surface area contributed by atoms with Crippen LogP contribution < -0.4 is 0 Å². The Labute approximate surface area is 105 Å². The standard InChI is InChI=1S/C13H16O5/c1-3-17-12(15)10-6-4-5-7-11(10)13(16)18-9(2)8-14/h4-7,9,14H,3,8H2,1-2H3. The minimum atomic E-state index is -0.653. The number of carbonyl (C=O) groups excluding carboxylic acids is 2. The van der Waals surface area contributed by atoms with Crippen LogP contribution in [0.5, 0.6) is 0 Å². The Balaban J connectivity index is 2.94. The Kier molecular flexibility index (Phi) is 5.32. The van der Waals surface area contributed by atoms with Crippen LogP contribution >= 0.6 is 0 Å². The molecule has 0 aromatic heterocycles. The molecule has 0 aliphatic heterocycles. The minimum absolute atomic E-state index is 0.135. The van der Waals surface area contributed by atoms with Crippen LogP contribution in [0.15, 0.2) is 24.3 Å². The Morgan fingerprint density at radius 1 is 1.22 bits per heavy atom. The fraction of sp³-hybridized carbons (Fsp3) is 0.385. The molecule has 0 spiro atoms. The van der Waals surface area contributed by atoms with E-state index in [1.54, 1.807) is 26.0 Å². The topological polar surface area (TPSA) is 72.8 Å². The van der Waals surface area contributed by atoms with Gasteiger partial charge in [-0.25, -0.2) is 9.59 Å². The van der Waals surface area contributed by atoms with E-state index in [0.29, 0.717) is 0 Å². The van der Waals surface area contributed by atoms with Gasteiger partial charge in [0.25, 0.3) is 0 Å². The number of rotatable bonds is 5. The molecule has 0 aliphatic rings. The van der Waals surface area contributed by atoms with Gasteiger partial charge in [-0.2, -0.15) is 0 Å². The summed E-state index contributed by atoms with van der Waals surface area (Å²) in [5, 5.41) is 8.82. The molecule has 0 fully saturated rings. The van der Waals surface area contributed by atoms with Gasteiger partial charge in [0.1, 0.15) is 6.10 Å². The second-order valence-electron chi connectivity index (χ2n) is 3.66. The van der Waals surface area contributed by atoms with Crippen molar-refractivity contribution in [3.8, 4) is 0 Å². The van der Waals surface area contributed by atoms with Crippen molar-refractivity contribution in [3.05, 3.63) is 35.4 Å². The van der Waals surface area contributed by atoms with Crippen LogP contribution in [0.4, 0.5) is 0 Å². The van der Waals surface area contributed by atoms with Crippen LogP contribution in [0.2, 0.25) is 0 Å². The number of ether oxygens (including phenoxy) is 2. The van der Waals surface area contributed by atoms with Crippen molar-refractivity contribution in [2.24, 2.45) is 0 Å². The molecule has 0 radical (unpaired) electrons. The maximum Gasteiger partial charge on any atom is 0.339 e. The summed E-state index contributed by atoms with van der Waals surface area (Å²) in [6, 6.07) is 6.25. The maximum absolute atomic E-state index is 11.8. The predicted octanol–water partition coefficient (Wildman–Crippen LogP) is 1.40. The van der Waals surface area contributed by atoms with Crippen LogP contribution in [0.25, 0.3) is 0 Å². The first-order valence-electron chi connectivity index (χ1n) is 5.68. The molecule has 0 aliphatic carbocycles. The first-order valence-corrected chi connectivity index (χ1v) is 5.68. The zero-order valence-electron chi connectivity index (χ0n) is 10.4. The quantitative estimate of drug-likeness (QED) is 0.802. The Morgan fingerprint density at radius 3 is 2.28 bits per heavy atom. The van der Waals surface area contributed by atoms with Crippen molar-refractivity contribution in [1.29, 1.82) is 0 Å². The SMILES string of the molecule is CCOC(=O)c1ccccc1C(=O)OC(C)CO. The normalized spacial score (nSPS) is 11.7. The molecule has 0 saturated carbocycles. The van der Waals surface area contributed by atoms with Gasteiger partial charge in [0.15, 0.2) is 0 Å². The van der Waals surface area contributed by atoms with Gasteiger partial charge in [0, 0.05) is 0 Å². The molecule has 1 atom stereocenters. The smallest absolute Gasteiger partial charge is 0.339 e. The van der Waals surface area contributed by atoms with Crippen LogP contribution in [0.1, 0.15) is 34.6 Å². The number of carbonyl (C=O) groups is 2. The summed E-state index contributed by atoms with van der Waals surface area (Å²) in [5.74, 6) is -1.22. The van der Waals surface area contributed by atoms with Crippen LogP contribution in [-0.2, 0) is 9.47 Å². The highest BCUT2D eigenvalue weighted by Crippen LogP contribution is 2.12. The minimum Gasteiger partial charge on any atom is -0.462 e. The first-order chi connectivity index (χ1) is 8.60. The lowest BCUT2D eigenvalue weighted by atomic mass is 10.1. The molecule has 0 amide bonds. The van der Waals surface area contributed by atoms with Gasteiger partial charge in [0.05, 0.1) is 24.3 Å². The molecule has 0 bridgehead atoms. The molecule has 1 unspecified atom stereocenters. The number of hydrogen-bond acceptors (Lipinski definition) is 5. The molecule has 5 heteroatoms. The maximum atomic E-state index is 11.8. The van der Waals surface area contributed by atoms with Gasteiger partial charge in [0.2, 0.25) is 0 Å². The lowest BCUT2D eigenvalue weighted by Crippen LogP contribution is -2.20. The fourth-order valence-electron chi connectivity index (χ4n) is 1.33. The molecular formula is C13H16O5. The lowest BCUT2D eigenvalue weighted by molar-refractivity contribution is 0.0191. The highest BCUT2D eigenvalue weighted by molar-refractivity contribution is 6.03. The molecule has 98 valence electrons. The monoisotopic (exact) mass is 252 g/mol. The molecular weight excluding hydrogens is 236 g/mol. The van der Waals surface area contributed by atoms with Crippen molar-refractivity contribution in [2.45, 2.75) is 20.0 Å². The summed E-state index contributed by atoms with van der Waals surface area (Å²) in [5.41, 5.74) is 0.297. The van der Waals surface area contributed by atoms with Gasteiger partial charge in [-0.1, -0.05) is 12.1 Å². The van der Waals surface area contributed by atoms with Gasteiger partial charge in [-0.15, -0.1) is 0 Å². The molecule has 1 aromatic rings. The second kappa shape index (κ2) is 6.76. The van der Waals surface area contributed by atoms with E-state index in [0.717, 1.165) is 0 Å². The predicted molar refractivity (Wildman–Crippen MR) is 64.4 cm³/mol. The molecule has 0 heterocycles. The second-order valence-corrected chi connectivity index (χ2v) is 3.66. The van der Waals surface area contributed by atoms with Crippen molar-refractivity contribution >= 4 is 11.9 Å². The molecule has 1 N–H and O–H groups in total. The molecule has 1 aromatic carbocycles. The number of hydrogen-bond donors (Lipinski definition) is 1. The largest absolute Gasteiger partial charge is 0.462 e. The average molecular weight is 252 g/mol. The lowest BCUT2D eigenvalue weighted by Gasteiger charge is -2.12. The van der Waals surface area contributed by atoms with E-state index in [2.05, 4.69) is 0 Å². The molecule has 18 heavy (non-hydrogen) atoms. The Morgan fingerprint density at radius 2 is 1.78 bits per heavy atom. The van der Waals surface area contributed by atoms with E-state index in [9.17, 15) is 9.59 Å². The van der Waals surface area contributed by atoms with Gasteiger partial charge < -0.3 is 14.6 Å². The zero-order chi connectivity index (χ0) is 13.5. The van der Waals surface area contributed by atoms with Crippen molar-refractivity contribution in [1.82, 2.24) is 0 Å². The summed E-state index contributed by atoms with van der Waals surface area (Å²) in [6.45, 7) is 3.21. The van der Waals surface area contributed by atoms with Crippen LogP contribution in [0, 0.1) is 0 Å². The van der Waals surface area contributed by atoms with Gasteiger partial charge in [-0.3, -0.25) is 0 Å². The number of aliphatic hydroxyl groups is 1. The third kappa shape index (κ3) is 3.56. The Hall–Kier alpha value is -1.88. The van der Waals surface area contributed by atoms with E-state index in [-0.39, 0.29) is 24.3 Å². The third-order valence-electron chi connectivity index (χ3n) is 2.21. The van der Waals surface area contributed by atoms with Crippen molar-refractivity contribution in [3.63, 3.8) is 0 Å². The van der Waals surface area contributed by atoms with Crippen LogP contribution in [-0.4, -0.2) is 36.4 Å². The summed E-state index contributed by atoms with van der Waals surface area (Å²) < 4.78 is 9.81. The molecule has 1 rings (SSSR count). The summed E-state index contributed by atoms with van der Waals surface area (Å²) >= 11 is 0. The third-order valence-corrected chi connectivity index (χ3v) is 2.21. The highest BCUT2D eigenvalue weighted by atomic mass is 16.6. The summed E-state index contributed by atoms with van der Waals surface area (Å²) in [6.07, 6.45) is -0.618. The van der Waals surface area contributed by atoms with Crippen LogP contribution in [0.3, 0.4) is 0 Å². The van der Waals surface area contributed by atoms with E-state index in [1.807, 2.05) is 0 Å². The first kappa shape index (κ1) is 14.2. The summed E-state index contributed by atoms with van der Waals surface area (Å²) in [7, 11) is 0. The average Bonchev–Trinajstić information content (AvgIpc) is 2.38. The fourth-order valence-corrected chi connectivity index (χ4v) is 1.33. The number of aliphatic hydroxyl groups excluding tert-OH is 1. The van der Waals surface area contributed by atoms with E-state index in [4.69, 9.17) is 14.6 Å². The number of esters is 2. The highest BCUT2D eigenvalue weighted by Gasteiger charge is 2.19. The van der Waals surface area contributed by atoms with E-state index in [1.165, 1.54) is 12.1 Å². The number of benzene rings is 1. The zero-order valence-corrected chi connectivity index (χ0v) is 10.4. The summed E-state index contributed by atoms with van der Waals surface area (Å²) in [4.78, 5) is 23.4. The van der Waals surface area contributed by atoms with E-state index >= 15 is 0 Å². The van der Waals surface area contributed by atoms with Gasteiger partial charge >= 0.3 is 11.9 Å². The molecule has 0 saturated heterocycles. The molecule has 5 nitrogen and oxygen atoms in total. The van der Waals surface area contributed by atoms with Crippen molar-refractivity contribution < 1.29 is 24.2 Å². The van der Waals surface area contributed by atoms with Crippen molar-refractivity contribution in [2.75, 3.05) is 13.2 Å². The van der Waals surface area contributed by atoms with Gasteiger partial charge in [-0.05, 0) is 26.0 Å². The Bertz CT molecular complexity index is 427. The van der Waals surface area contributed by atoms with E-state index < -0.39 is 18.0 Å².